The van der Waals surface area contributed by atoms with Gasteiger partial charge in [-0.3, -0.25) is 0 Å². The third-order valence-corrected chi connectivity index (χ3v) is 3.77. The van der Waals surface area contributed by atoms with E-state index in [0.717, 1.165) is 21.3 Å². The fourth-order valence-corrected chi connectivity index (χ4v) is 2.51. The maximum atomic E-state index is 4.45. The molecule has 2 nitrogen and oxygen atoms in total. The van der Waals surface area contributed by atoms with E-state index in [9.17, 15) is 0 Å². The van der Waals surface area contributed by atoms with Gasteiger partial charge in [-0.1, -0.05) is 38.1 Å². The number of H-pyrrole nitrogens is 1. The van der Waals surface area contributed by atoms with Crippen LogP contribution in [0.3, 0.4) is 0 Å². The van der Waals surface area contributed by atoms with Gasteiger partial charge in [0.15, 0.2) is 0 Å². The minimum Gasteiger partial charge on any atom is -0.353 e. The fourth-order valence-electron chi connectivity index (χ4n) is 2.19. The summed E-state index contributed by atoms with van der Waals surface area (Å²) in [6, 6.07) is 14.8. The Hall–Kier alpha value is -1.61. The number of hydrogen-bond donors (Lipinski definition) is 1. The number of benzene rings is 1. The van der Waals surface area contributed by atoms with E-state index < -0.39 is 0 Å². The Morgan fingerprint density at radius 3 is 2.47 bits per heavy atom. The second-order valence-electron chi connectivity index (χ2n) is 5.03. The van der Waals surface area contributed by atoms with Crippen molar-refractivity contribution in [3.05, 3.63) is 52.6 Å². The molecule has 0 aliphatic rings. The summed E-state index contributed by atoms with van der Waals surface area (Å²) in [5, 5.41) is 0. The Balaban J connectivity index is 2.03. The van der Waals surface area contributed by atoms with E-state index in [1.165, 1.54) is 11.1 Å². The lowest BCUT2D eigenvalue weighted by molar-refractivity contribution is 0.867. The number of aromatic amines is 1. The summed E-state index contributed by atoms with van der Waals surface area (Å²) in [5.74, 6) is 0.564. The summed E-state index contributed by atoms with van der Waals surface area (Å²) < 4.78 is 0.862. The molecular formula is C16H15BrN2. The summed E-state index contributed by atoms with van der Waals surface area (Å²) >= 11 is 3.40. The molecular weight excluding hydrogens is 300 g/mol. The first-order valence-electron chi connectivity index (χ1n) is 6.39. The summed E-state index contributed by atoms with van der Waals surface area (Å²) in [6.45, 7) is 4.42. The van der Waals surface area contributed by atoms with Crippen LogP contribution in [-0.2, 0) is 0 Å². The molecule has 3 rings (SSSR count). The number of halogens is 1. The van der Waals surface area contributed by atoms with Gasteiger partial charge in [0.1, 0.15) is 4.60 Å². The molecule has 0 bridgehead atoms. The average Bonchev–Trinajstić information content (AvgIpc) is 2.81. The standard InChI is InChI=1S/C16H15BrN2/c1-10(2)11-3-5-12(6-4-11)14-9-15-13(18-14)7-8-16(17)19-15/h3-10,18H,1-2H3. The van der Waals surface area contributed by atoms with Crippen molar-refractivity contribution in [1.29, 1.82) is 0 Å². The van der Waals surface area contributed by atoms with Crippen molar-refractivity contribution in [2.45, 2.75) is 19.8 Å². The van der Waals surface area contributed by atoms with Crippen molar-refractivity contribution >= 4 is 27.0 Å². The Morgan fingerprint density at radius 2 is 1.79 bits per heavy atom. The summed E-state index contributed by atoms with van der Waals surface area (Å²) in [5.41, 5.74) is 5.71. The predicted molar refractivity (Wildman–Crippen MR) is 83.3 cm³/mol. The van der Waals surface area contributed by atoms with Crippen molar-refractivity contribution in [3.63, 3.8) is 0 Å². The first kappa shape index (κ1) is 12.4. The molecule has 3 heteroatoms. The SMILES string of the molecule is CC(C)c1ccc(-c2cc3nc(Br)ccc3[nH]2)cc1. The number of hydrogen-bond acceptors (Lipinski definition) is 1. The van der Waals surface area contributed by atoms with Crippen LogP contribution < -0.4 is 0 Å². The van der Waals surface area contributed by atoms with Crippen LogP contribution in [0.15, 0.2) is 47.1 Å². The predicted octanol–water partition coefficient (Wildman–Crippen LogP) is 5.12. The van der Waals surface area contributed by atoms with Gasteiger partial charge in [-0.2, -0.15) is 0 Å². The highest BCUT2D eigenvalue weighted by Gasteiger charge is 2.05. The largest absolute Gasteiger partial charge is 0.353 e. The number of fused-ring (bicyclic) bond motifs is 1. The Labute approximate surface area is 121 Å². The van der Waals surface area contributed by atoms with Gasteiger partial charge in [0.05, 0.1) is 11.0 Å². The smallest absolute Gasteiger partial charge is 0.106 e. The van der Waals surface area contributed by atoms with Crippen LogP contribution >= 0.6 is 15.9 Å². The third kappa shape index (κ3) is 2.43. The molecule has 19 heavy (non-hydrogen) atoms. The van der Waals surface area contributed by atoms with E-state index in [1.54, 1.807) is 0 Å². The van der Waals surface area contributed by atoms with Gasteiger partial charge in [-0.15, -0.1) is 0 Å². The Bertz CT molecular complexity index is 711. The number of aromatic nitrogens is 2. The molecule has 3 aromatic rings. The van der Waals surface area contributed by atoms with Crippen LogP contribution in [0, 0.1) is 0 Å². The van der Waals surface area contributed by atoms with E-state index in [1.807, 2.05) is 12.1 Å². The van der Waals surface area contributed by atoms with E-state index >= 15 is 0 Å². The van der Waals surface area contributed by atoms with Crippen molar-refractivity contribution in [3.8, 4) is 11.3 Å². The molecule has 0 saturated heterocycles. The molecule has 0 atom stereocenters. The fraction of sp³-hybridized carbons (Fsp3) is 0.188. The van der Waals surface area contributed by atoms with Crippen LogP contribution in [0.4, 0.5) is 0 Å². The maximum Gasteiger partial charge on any atom is 0.106 e. The van der Waals surface area contributed by atoms with Gasteiger partial charge in [0.2, 0.25) is 0 Å². The van der Waals surface area contributed by atoms with Gasteiger partial charge in [-0.25, -0.2) is 4.98 Å². The molecule has 0 unspecified atom stereocenters. The molecule has 0 fully saturated rings. The topological polar surface area (TPSA) is 28.7 Å². The van der Waals surface area contributed by atoms with Crippen LogP contribution in [0.25, 0.3) is 22.3 Å². The van der Waals surface area contributed by atoms with E-state index in [0.29, 0.717) is 5.92 Å². The molecule has 0 spiro atoms. The van der Waals surface area contributed by atoms with E-state index in [4.69, 9.17) is 0 Å². The lowest BCUT2D eigenvalue weighted by Gasteiger charge is -2.05. The highest BCUT2D eigenvalue weighted by atomic mass is 79.9. The highest BCUT2D eigenvalue weighted by molar-refractivity contribution is 9.10. The summed E-state index contributed by atoms with van der Waals surface area (Å²) in [7, 11) is 0. The zero-order valence-corrected chi connectivity index (χ0v) is 12.5. The average molecular weight is 315 g/mol. The molecule has 96 valence electrons. The van der Waals surface area contributed by atoms with Crippen LogP contribution in [0.1, 0.15) is 25.3 Å². The van der Waals surface area contributed by atoms with Crippen molar-refractivity contribution in [2.24, 2.45) is 0 Å². The van der Waals surface area contributed by atoms with E-state index in [-0.39, 0.29) is 0 Å². The van der Waals surface area contributed by atoms with Gasteiger partial charge in [0.25, 0.3) is 0 Å². The second-order valence-corrected chi connectivity index (χ2v) is 5.84. The summed E-state index contributed by atoms with van der Waals surface area (Å²) in [6.07, 6.45) is 0. The molecule has 0 aliphatic heterocycles. The monoisotopic (exact) mass is 314 g/mol. The molecule has 2 aromatic heterocycles. The Kier molecular flexibility index (Phi) is 3.15. The van der Waals surface area contributed by atoms with Crippen molar-refractivity contribution in [1.82, 2.24) is 9.97 Å². The number of nitrogens with one attached hydrogen (secondary N) is 1. The molecule has 0 radical (unpaired) electrons. The summed E-state index contributed by atoms with van der Waals surface area (Å²) in [4.78, 5) is 7.86. The molecule has 0 amide bonds. The highest BCUT2D eigenvalue weighted by Crippen LogP contribution is 2.25. The van der Waals surface area contributed by atoms with Crippen molar-refractivity contribution < 1.29 is 0 Å². The molecule has 1 N–H and O–H groups in total. The van der Waals surface area contributed by atoms with Crippen LogP contribution in [0.5, 0.6) is 0 Å². The first-order chi connectivity index (χ1) is 9.13. The lowest BCUT2D eigenvalue weighted by Crippen LogP contribution is -1.86. The number of pyridine rings is 1. The zero-order valence-electron chi connectivity index (χ0n) is 10.9. The molecule has 0 saturated carbocycles. The minimum atomic E-state index is 0.564. The lowest BCUT2D eigenvalue weighted by atomic mass is 10.0. The molecule has 1 aromatic carbocycles. The van der Waals surface area contributed by atoms with Crippen molar-refractivity contribution in [2.75, 3.05) is 0 Å². The maximum absolute atomic E-state index is 4.45. The van der Waals surface area contributed by atoms with Gasteiger partial charge >= 0.3 is 0 Å². The van der Waals surface area contributed by atoms with E-state index in [2.05, 4.69) is 70.1 Å². The normalized spacial score (nSPS) is 11.4. The van der Waals surface area contributed by atoms with Crippen LogP contribution in [-0.4, -0.2) is 9.97 Å². The Morgan fingerprint density at radius 1 is 1.05 bits per heavy atom. The third-order valence-electron chi connectivity index (χ3n) is 3.33. The van der Waals surface area contributed by atoms with Gasteiger partial charge < -0.3 is 4.98 Å². The molecule has 0 aliphatic carbocycles. The number of nitrogens with zero attached hydrogens (tertiary/aromatic N) is 1. The van der Waals surface area contributed by atoms with Crippen LogP contribution in [0.2, 0.25) is 0 Å². The number of rotatable bonds is 2. The molecule has 2 heterocycles. The van der Waals surface area contributed by atoms with Gasteiger partial charge in [-0.05, 0) is 51.2 Å². The first-order valence-corrected chi connectivity index (χ1v) is 7.18. The quantitative estimate of drug-likeness (QED) is 0.654. The minimum absolute atomic E-state index is 0.564. The van der Waals surface area contributed by atoms with Gasteiger partial charge in [0, 0.05) is 5.69 Å². The second kappa shape index (κ2) is 4.82. The zero-order chi connectivity index (χ0) is 13.4.